The Morgan fingerprint density at radius 3 is 2.48 bits per heavy atom. The fraction of sp³-hybridized carbons (Fsp3) is 0.304. The fourth-order valence-corrected chi connectivity index (χ4v) is 4.40. The first kappa shape index (κ1) is 20.9. The number of hydrogen-bond donors (Lipinski definition) is 3. The number of carbonyl (C=O) groups is 2. The van der Waals surface area contributed by atoms with Crippen LogP contribution >= 0.6 is 0 Å². The normalized spacial score (nSPS) is 16.0. The molecule has 0 bridgehead atoms. The monoisotopic (exact) mass is 426 g/mol. The first-order valence-electron chi connectivity index (χ1n) is 9.98. The molecule has 4 rings (SSSR count). The standard InChI is InChI=1S/C23H23FN2O5/c1-12-18(21(25)28)19-15(30-12)7-8-16(20(19)23(22(26)29)9-4-10-23)31-17(11-27)13-5-2-3-6-14(13)24/h2-3,5-8,17,27H,4,9-11H2,1H3,(H2,25,28)(H2,26,29). The van der Waals surface area contributed by atoms with Gasteiger partial charge in [0.1, 0.15) is 29.0 Å². The average Bonchev–Trinajstić information content (AvgIpc) is 3.02. The lowest BCUT2D eigenvalue weighted by Gasteiger charge is -2.40. The third-order valence-corrected chi connectivity index (χ3v) is 6.08. The predicted octanol–water partition coefficient (Wildman–Crippen LogP) is 3.00. The van der Waals surface area contributed by atoms with Crippen molar-refractivity contribution in [3.05, 3.63) is 64.7 Å². The molecule has 162 valence electrons. The number of ether oxygens (including phenoxy) is 1. The molecule has 0 saturated heterocycles. The van der Waals surface area contributed by atoms with Crippen molar-refractivity contribution in [1.29, 1.82) is 0 Å². The van der Waals surface area contributed by atoms with Gasteiger partial charge in [0.15, 0.2) is 0 Å². The molecule has 2 amide bonds. The highest BCUT2D eigenvalue weighted by atomic mass is 19.1. The highest BCUT2D eigenvalue weighted by Gasteiger charge is 2.48. The van der Waals surface area contributed by atoms with Gasteiger partial charge >= 0.3 is 0 Å². The summed E-state index contributed by atoms with van der Waals surface area (Å²) in [6, 6.07) is 9.13. The maximum Gasteiger partial charge on any atom is 0.252 e. The molecule has 1 fully saturated rings. The Morgan fingerprint density at radius 2 is 1.94 bits per heavy atom. The van der Waals surface area contributed by atoms with E-state index >= 15 is 0 Å². The van der Waals surface area contributed by atoms with Gasteiger partial charge in [0.05, 0.1) is 17.6 Å². The van der Waals surface area contributed by atoms with Gasteiger partial charge in [0.2, 0.25) is 5.91 Å². The Morgan fingerprint density at radius 1 is 1.23 bits per heavy atom. The number of nitrogens with two attached hydrogens (primary N) is 2. The summed E-state index contributed by atoms with van der Waals surface area (Å²) in [6.45, 7) is 1.10. The molecule has 1 unspecified atom stereocenters. The summed E-state index contributed by atoms with van der Waals surface area (Å²) in [6.07, 6.45) is 0.651. The Bertz CT molecular complexity index is 1180. The molecule has 1 heterocycles. The van der Waals surface area contributed by atoms with E-state index in [4.69, 9.17) is 20.6 Å². The number of fused-ring (bicyclic) bond motifs is 1. The zero-order valence-corrected chi connectivity index (χ0v) is 17.0. The molecule has 1 aromatic heterocycles. The van der Waals surface area contributed by atoms with E-state index in [1.54, 1.807) is 25.1 Å². The second-order valence-corrected chi connectivity index (χ2v) is 7.82. The summed E-state index contributed by atoms with van der Waals surface area (Å²) in [4.78, 5) is 24.8. The van der Waals surface area contributed by atoms with Gasteiger partial charge in [-0.05, 0) is 38.0 Å². The molecule has 5 N–H and O–H groups in total. The van der Waals surface area contributed by atoms with Gasteiger partial charge in [-0.2, -0.15) is 0 Å². The van der Waals surface area contributed by atoms with Crippen molar-refractivity contribution in [2.24, 2.45) is 11.5 Å². The molecule has 2 aromatic carbocycles. The fourth-order valence-electron chi connectivity index (χ4n) is 4.40. The highest BCUT2D eigenvalue weighted by Crippen LogP contribution is 2.51. The van der Waals surface area contributed by atoms with Crippen LogP contribution in [0.15, 0.2) is 40.8 Å². The maximum atomic E-state index is 14.4. The van der Waals surface area contributed by atoms with Crippen molar-refractivity contribution >= 4 is 22.8 Å². The van der Waals surface area contributed by atoms with E-state index in [-0.39, 0.29) is 16.9 Å². The van der Waals surface area contributed by atoms with Gasteiger partial charge in [-0.15, -0.1) is 0 Å². The van der Waals surface area contributed by atoms with Crippen LogP contribution in [0.4, 0.5) is 4.39 Å². The lowest BCUT2D eigenvalue weighted by atomic mass is 9.62. The van der Waals surface area contributed by atoms with Gasteiger partial charge < -0.3 is 25.7 Å². The summed E-state index contributed by atoms with van der Waals surface area (Å²) >= 11 is 0. The Kier molecular flexibility index (Phi) is 5.18. The lowest BCUT2D eigenvalue weighted by molar-refractivity contribution is -0.126. The highest BCUT2D eigenvalue weighted by molar-refractivity contribution is 6.10. The van der Waals surface area contributed by atoms with Crippen molar-refractivity contribution in [2.75, 3.05) is 6.61 Å². The first-order chi connectivity index (χ1) is 14.8. The van der Waals surface area contributed by atoms with E-state index in [0.29, 0.717) is 35.1 Å². The van der Waals surface area contributed by atoms with Gasteiger partial charge in [0.25, 0.3) is 5.91 Å². The van der Waals surface area contributed by atoms with Crippen LogP contribution in [-0.2, 0) is 10.2 Å². The van der Waals surface area contributed by atoms with Crippen molar-refractivity contribution in [2.45, 2.75) is 37.7 Å². The Balaban J connectivity index is 1.96. The van der Waals surface area contributed by atoms with Crippen LogP contribution in [0.25, 0.3) is 11.0 Å². The van der Waals surface area contributed by atoms with E-state index in [1.807, 2.05) is 0 Å². The number of carbonyl (C=O) groups excluding carboxylic acids is 2. The molecule has 3 aromatic rings. The number of primary amides is 2. The first-order valence-corrected chi connectivity index (χ1v) is 9.98. The average molecular weight is 426 g/mol. The van der Waals surface area contributed by atoms with Gasteiger partial charge in [-0.1, -0.05) is 24.6 Å². The molecule has 8 heteroatoms. The summed E-state index contributed by atoms with van der Waals surface area (Å²) < 4.78 is 26.1. The minimum atomic E-state index is -1.08. The SMILES string of the molecule is Cc1oc2ccc(OC(CO)c3ccccc3F)c(C3(C(N)=O)CCC3)c2c1C(N)=O. The molecule has 7 nitrogen and oxygen atoms in total. The molecule has 1 atom stereocenters. The van der Waals surface area contributed by atoms with E-state index in [1.165, 1.54) is 18.2 Å². The maximum absolute atomic E-state index is 14.4. The smallest absolute Gasteiger partial charge is 0.252 e. The number of hydrogen-bond acceptors (Lipinski definition) is 5. The molecule has 0 spiro atoms. The number of furan rings is 1. The molecule has 0 aliphatic heterocycles. The number of aliphatic hydroxyl groups excluding tert-OH is 1. The minimum absolute atomic E-state index is 0.148. The minimum Gasteiger partial charge on any atom is -0.483 e. The lowest BCUT2D eigenvalue weighted by Crippen LogP contribution is -2.47. The molecule has 31 heavy (non-hydrogen) atoms. The van der Waals surface area contributed by atoms with Crippen molar-refractivity contribution in [3.63, 3.8) is 0 Å². The van der Waals surface area contributed by atoms with E-state index in [9.17, 15) is 19.1 Å². The van der Waals surface area contributed by atoms with Gasteiger partial charge in [-0.3, -0.25) is 9.59 Å². The number of aliphatic hydroxyl groups is 1. The summed E-state index contributed by atoms with van der Waals surface area (Å²) in [7, 11) is 0. The van der Waals surface area contributed by atoms with Crippen molar-refractivity contribution < 1.29 is 28.2 Å². The predicted molar refractivity (Wildman–Crippen MR) is 111 cm³/mol. The van der Waals surface area contributed by atoms with Gasteiger partial charge in [0, 0.05) is 16.5 Å². The quantitative estimate of drug-likeness (QED) is 0.535. The zero-order chi connectivity index (χ0) is 22.3. The van der Waals surface area contributed by atoms with Crippen molar-refractivity contribution in [1.82, 2.24) is 0 Å². The summed E-state index contributed by atoms with van der Waals surface area (Å²) in [5.74, 6) is -1.27. The number of aryl methyl sites for hydroxylation is 1. The van der Waals surface area contributed by atoms with E-state index in [0.717, 1.165) is 6.42 Å². The van der Waals surface area contributed by atoms with Crippen LogP contribution in [0, 0.1) is 12.7 Å². The molecule has 1 saturated carbocycles. The van der Waals surface area contributed by atoms with E-state index in [2.05, 4.69) is 0 Å². The number of amides is 2. The van der Waals surface area contributed by atoms with Crippen LogP contribution in [0.2, 0.25) is 0 Å². The largest absolute Gasteiger partial charge is 0.483 e. The topological polar surface area (TPSA) is 129 Å². The Hall–Kier alpha value is -3.39. The molecular formula is C23H23FN2O5. The van der Waals surface area contributed by atoms with Gasteiger partial charge in [-0.25, -0.2) is 4.39 Å². The molecule has 1 aliphatic rings. The van der Waals surface area contributed by atoms with E-state index < -0.39 is 35.8 Å². The summed E-state index contributed by atoms with van der Waals surface area (Å²) in [5.41, 5.74) is 11.4. The number of halogens is 1. The number of benzene rings is 2. The van der Waals surface area contributed by atoms with Crippen molar-refractivity contribution in [3.8, 4) is 5.75 Å². The number of rotatable bonds is 7. The van der Waals surface area contributed by atoms with Crippen LogP contribution in [0.5, 0.6) is 5.75 Å². The summed E-state index contributed by atoms with van der Waals surface area (Å²) in [5, 5.41) is 10.3. The third-order valence-electron chi connectivity index (χ3n) is 6.08. The molecule has 1 aliphatic carbocycles. The van der Waals surface area contributed by atoms with Crippen LogP contribution in [-0.4, -0.2) is 23.5 Å². The second kappa shape index (κ2) is 7.70. The zero-order valence-electron chi connectivity index (χ0n) is 17.0. The molecule has 0 radical (unpaired) electrons. The van der Waals surface area contributed by atoms with Crippen LogP contribution in [0.1, 0.15) is 52.6 Å². The molecular weight excluding hydrogens is 403 g/mol. The second-order valence-electron chi connectivity index (χ2n) is 7.82. The third kappa shape index (κ3) is 3.23. The van der Waals surface area contributed by atoms with Crippen LogP contribution in [0.3, 0.4) is 0 Å². The Labute approximate surface area is 177 Å². The van der Waals surface area contributed by atoms with Crippen LogP contribution < -0.4 is 16.2 Å².